The summed E-state index contributed by atoms with van der Waals surface area (Å²) in [6, 6.07) is 6.29. The number of carbonyl (C=O) groups excluding carboxylic acids is 1. The van der Waals surface area contributed by atoms with E-state index in [1.807, 2.05) is 0 Å². The zero-order valence-electron chi connectivity index (χ0n) is 13.0. The van der Waals surface area contributed by atoms with Gasteiger partial charge in [-0.1, -0.05) is 12.1 Å². The van der Waals surface area contributed by atoms with Crippen molar-refractivity contribution in [2.24, 2.45) is 0 Å². The molecule has 0 unspecified atom stereocenters. The Morgan fingerprint density at radius 1 is 1.36 bits per heavy atom. The fourth-order valence-corrected chi connectivity index (χ4v) is 2.66. The molecule has 22 heavy (non-hydrogen) atoms. The zero-order valence-corrected chi connectivity index (χ0v) is 13.0. The zero-order chi connectivity index (χ0) is 16.1. The molecule has 6 nitrogen and oxygen atoms in total. The van der Waals surface area contributed by atoms with Crippen LogP contribution in [0.15, 0.2) is 24.3 Å². The predicted octanol–water partition coefficient (Wildman–Crippen LogP) is 2.90. The number of benzene rings is 1. The van der Waals surface area contributed by atoms with Gasteiger partial charge in [0.15, 0.2) is 0 Å². The van der Waals surface area contributed by atoms with Gasteiger partial charge < -0.3 is 9.64 Å². The molecule has 1 amide bonds. The summed E-state index contributed by atoms with van der Waals surface area (Å²) in [5.74, 6) is 0.0708. The minimum Gasteiger partial charge on any atom is -0.375 e. The maximum Gasteiger partial charge on any atom is 0.269 e. The number of nitrogens with zero attached hydrogens (tertiary/aromatic N) is 2. The van der Waals surface area contributed by atoms with E-state index in [2.05, 4.69) is 6.92 Å². The number of rotatable bonds is 6. The minimum absolute atomic E-state index is 0.0604. The smallest absolute Gasteiger partial charge is 0.269 e. The molecule has 2 atom stereocenters. The van der Waals surface area contributed by atoms with Gasteiger partial charge >= 0.3 is 0 Å². The predicted molar refractivity (Wildman–Crippen MR) is 82.4 cm³/mol. The molecule has 1 aliphatic heterocycles. The van der Waals surface area contributed by atoms with E-state index in [1.54, 1.807) is 24.1 Å². The number of hydrogen-bond donors (Lipinski definition) is 0. The van der Waals surface area contributed by atoms with E-state index in [4.69, 9.17) is 4.74 Å². The lowest BCUT2D eigenvalue weighted by Gasteiger charge is -2.18. The van der Waals surface area contributed by atoms with Gasteiger partial charge in [-0.05, 0) is 31.7 Å². The third-order valence-corrected chi connectivity index (χ3v) is 3.99. The first-order valence-electron chi connectivity index (χ1n) is 7.58. The Morgan fingerprint density at radius 2 is 2.05 bits per heavy atom. The number of ether oxygens (including phenoxy) is 1. The van der Waals surface area contributed by atoms with Crippen LogP contribution < -0.4 is 0 Å². The summed E-state index contributed by atoms with van der Waals surface area (Å²) in [7, 11) is 1.75. The maximum atomic E-state index is 12.1. The van der Waals surface area contributed by atoms with Gasteiger partial charge in [-0.15, -0.1) is 0 Å². The Bertz CT molecular complexity index is 529. The molecule has 2 rings (SSSR count). The van der Waals surface area contributed by atoms with Gasteiger partial charge in [-0.2, -0.15) is 0 Å². The second kappa shape index (κ2) is 7.35. The highest BCUT2D eigenvalue weighted by molar-refractivity contribution is 5.75. The third-order valence-electron chi connectivity index (χ3n) is 3.99. The van der Waals surface area contributed by atoms with Crippen molar-refractivity contribution in [1.29, 1.82) is 0 Å². The van der Waals surface area contributed by atoms with Crippen molar-refractivity contribution in [3.8, 4) is 0 Å². The van der Waals surface area contributed by atoms with E-state index in [0.717, 1.165) is 24.8 Å². The summed E-state index contributed by atoms with van der Waals surface area (Å²) in [6.45, 7) is 2.52. The van der Waals surface area contributed by atoms with Crippen LogP contribution in [0.4, 0.5) is 5.69 Å². The summed E-state index contributed by atoms with van der Waals surface area (Å²) in [4.78, 5) is 24.0. The Balaban J connectivity index is 1.79. The number of amides is 1. The summed E-state index contributed by atoms with van der Waals surface area (Å²) in [5, 5.41) is 10.6. The first-order chi connectivity index (χ1) is 10.5. The van der Waals surface area contributed by atoms with E-state index in [9.17, 15) is 14.9 Å². The summed E-state index contributed by atoms with van der Waals surface area (Å²) >= 11 is 0. The Kier molecular flexibility index (Phi) is 5.49. The van der Waals surface area contributed by atoms with Gasteiger partial charge in [-0.25, -0.2) is 0 Å². The van der Waals surface area contributed by atoms with E-state index in [0.29, 0.717) is 19.1 Å². The molecule has 1 heterocycles. The second-order valence-electron chi connectivity index (χ2n) is 5.86. The second-order valence-corrected chi connectivity index (χ2v) is 5.86. The van der Waals surface area contributed by atoms with Crippen molar-refractivity contribution in [3.63, 3.8) is 0 Å². The van der Waals surface area contributed by atoms with Crippen LogP contribution in [0.5, 0.6) is 0 Å². The Hall–Kier alpha value is -1.95. The molecule has 0 saturated carbocycles. The van der Waals surface area contributed by atoms with Crippen LogP contribution >= 0.6 is 0 Å². The molecule has 0 bridgehead atoms. The monoisotopic (exact) mass is 306 g/mol. The molecule has 1 saturated heterocycles. The van der Waals surface area contributed by atoms with Crippen LogP contribution in [-0.2, 0) is 16.1 Å². The van der Waals surface area contributed by atoms with Gasteiger partial charge in [0.2, 0.25) is 5.91 Å². The molecule has 6 heteroatoms. The largest absolute Gasteiger partial charge is 0.375 e. The van der Waals surface area contributed by atoms with Gasteiger partial charge in [0.05, 0.1) is 17.1 Å². The van der Waals surface area contributed by atoms with Crippen LogP contribution in [0.3, 0.4) is 0 Å². The molecule has 1 aromatic carbocycles. The molecular weight excluding hydrogens is 284 g/mol. The molecular formula is C16H22N2O4. The molecule has 0 radical (unpaired) electrons. The summed E-state index contributed by atoms with van der Waals surface area (Å²) < 4.78 is 5.71. The van der Waals surface area contributed by atoms with Crippen LogP contribution in [0.2, 0.25) is 0 Å². The lowest BCUT2D eigenvalue weighted by atomic mass is 10.1. The Labute approximate surface area is 130 Å². The number of nitro benzene ring substituents is 1. The normalized spacial score (nSPS) is 20.8. The van der Waals surface area contributed by atoms with Gasteiger partial charge in [-0.3, -0.25) is 14.9 Å². The highest BCUT2D eigenvalue weighted by Gasteiger charge is 2.22. The molecule has 1 aromatic rings. The third kappa shape index (κ3) is 4.53. The van der Waals surface area contributed by atoms with E-state index < -0.39 is 4.92 Å². The summed E-state index contributed by atoms with van der Waals surface area (Å²) in [5.41, 5.74) is 0.942. The molecule has 120 valence electrons. The average Bonchev–Trinajstić information content (AvgIpc) is 2.91. The van der Waals surface area contributed by atoms with Crippen molar-refractivity contribution in [2.45, 2.75) is 51.4 Å². The van der Waals surface area contributed by atoms with Crippen LogP contribution in [0, 0.1) is 10.1 Å². The van der Waals surface area contributed by atoms with Gasteiger partial charge in [0, 0.05) is 32.1 Å². The number of hydrogen-bond acceptors (Lipinski definition) is 4. The first kappa shape index (κ1) is 16.4. The molecule has 0 N–H and O–H groups in total. The lowest BCUT2D eigenvalue weighted by Crippen LogP contribution is -2.27. The fraction of sp³-hybridized carbons (Fsp3) is 0.562. The van der Waals surface area contributed by atoms with Crippen LogP contribution in [-0.4, -0.2) is 35.0 Å². The highest BCUT2D eigenvalue weighted by atomic mass is 16.6. The Morgan fingerprint density at radius 3 is 2.59 bits per heavy atom. The van der Waals surface area contributed by atoms with Crippen LogP contribution in [0.1, 0.15) is 38.2 Å². The maximum absolute atomic E-state index is 12.1. The summed E-state index contributed by atoms with van der Waals surface area (Å²) in [6.07, 6.45) is 3.83. The quantitative estimate of drug-likeness (QED) is 0.598. The first-order valence-corrected chi connectivity index (χ1v) is 7.58. The van der Waals surface area contributed by atoms with Crippen molar-refractivity contribution < 1.29 is 14.5 Å². The number of carbonyl (C=O) groups is 1. The standard InChI is InChI=1S/C16H22N2O4/c1-12-3-8-15(22-12)9-10-16(19)17(2)11-13-4-6-14(7-5-13)18(20)21/h4-7,12,15H,3,8-11H2,1-2H3/t12-,15+/m0/s1. The van der Waals surface area contributed by atoms with Crippen molar-refractivity contribution in [3.05, 3.63) is 39.9 Å². The SMILES string of the molecule is C[C@H]1CC[C@H](CCC(=O)N(C)Cc2ccc([N+](=O)[O-])cc2)O1. The molecule has 1 aliphatic rings. The number of non-ortho nitro benzene ring substituents is 1. The molecule has 0 spiro atoms. The van der Waals surface area contributed by atoms with Gasteiger partial charge in [0.25, 0.3) is 5.69 Å². The fourth-order valence-electron chi connectivity index (χ4n) is 2.66. The topological polar surface area (TPSA) is 72.7 Å². The molecule has 1 fully saturated rings. The van der Waals surface area contributed by atoms with Crippen molar-refractivity contribution >= 4 is 11.6 Å². The van der Waals surface area contributed by atoms with E-state index in [1.165, 1.54) is 12.1 Å². The number of nitro groups is 1. The van der Waals surface area contributed by atoms with Crippen LogP contribution in [0.25, 0.3) is 0 Å². The lowest BCUT2D eigenvalue weighted by molar-refractivity contribution is -0.384. The average molecular weight is 306 g/mol. The van der Waals surface area contributed by atoms with E-state index >= 15 is 0 Å². The van der Waals surface area contributed by atoms with Gasteiger partial charge in [0.1, 0.15) is 0 Å². The highest BCUT2D eigenvalue weighted by Crippen LogP contribution is 2.23. The minimum atomic E-state index is -0.429. The van der Waals surface area contributed by atoms with Crippen molar-refractivity contribution in [1.82, 2.24) is 4.90 Å². The van der Waals surface area contributed by atoms with Crippen molar-refractivity contribution in [2.75, 3.05) is 7.05 Å². The van der Waals surface area contributed by atoms with E-state index in [-0.39, 0.29) is 17.7 Å². The molecule has 0 aliphatic carbocycles. The molecule has 0 aromatic heterocycles.